The zero-order valence-corrected chi connectivity index (χ0v) is 8.32. The molecular formula is C7H17NOSi. The van der Waals surface area contributed by atoms with Crippen LogP contribution in [0.3, 0.4) is 0 Å². The second kappa shape index (κ2) is 3.76. The molecule has 0 aromatic rings. The van der Waals surface area contributed by atoms with Gasteiger partial charge < -0.3 is 4.98 Å². The van der Waals surface area contributed by atoms with E-state index in [2.05, 4.69) is 24.6 Å². The van der Waals surface area contributed by atoms with Gasteiger partial charge in [0, 0.05) is 6.42 Å². The van der Waals surface area contributed by atoms with E-state index < -0.39 is 8.24 Å². The first-order valence-electron chi connectivity index (χ1n) is 3.76. The molecule has 1 amide bonds. The Bertz CT molecular complexity index is 117. The summed E-state index contributed by atoms with van der Waals surface area (Å²) in [5.41, 5.74) is 0. The summed E-state index contributed by atoms with van der Waals surface area (Å²) in [6, 6.07) is 0. The van der Waals surface area contributed by atoms with Crippen molar-refractivity contribution in [2.24, 2.45) is 0 Å². The van der Waals surface area contributed by atoms with Crippen LogP contribution in [0.4, 0.5) is 0 Å². The molecular weight excluding hydrogens is 142 g/mol. The van der Waals surface area contributed by atoms with Crippen molar-refractivity contribution in [1.82, 2.24) is 4.98 Å². The smallest absolute Gasteiger partial charge is 0.212 e. The molecule has 0 aliphatic rings. The standard InChI is InChI=1S/C7H17NOSi/c1-5-6-7(9)8-10(2,3)4/h5-6H2,1-4H3,(H,8,9). The van der Waals surface area contributed by atoms with Crippen LogP contribution in [0.1, 0.15) is 19.8 Å². The Balaban J connectivity index is 3.58. The number of carbonyl (C=O) groups is 1. The predicted octanol–water partition coefficient (Wildman–Crippen LogP) is 1.74. The van der Waals surface area contributed by atoms with Gasteiger partial charge in [-0.1, -0.05) is 26.6 Å². The second-order valence-electron chi connectivity index (χ2n) is 3.55. The summed E-state index contributed by atoms with van der Waals surface area (Å²) in [5, 5.41) is 0. The first-order valence-corrected chi connectivity index (χ1v) is 7.26. The lowest BCUT2D eigenvalue weighted by Crippen LogP contribution is -2.45. The van der Waals surface area contributed by atoms with Crippen LogP contribution in [-0.4, -0.2) is 14.1 Å². The highest BCUT2D eigenvalue weighted by molar-refractivity contribution is 6.75. The van der Waals surface area contributed by atoms with Crippen LogP contribution in [0, 0.1) is 0 Å². The van der Waals surface area contributed by atoms with Gasteiger partial charge in [-0.2, -0.15) is 0 Å². The number of amides is 1. The van der Waals surface area contributed by atoms with Crippen molar-refractivity contribution < 1.29 is 4.79 Å². The highest BCUT2D eigenvalue weighted by Gasteiger charge is 2.15. The Labute approximate surface area is 64.1 Å². The third-order valence-electron chi connectivity index (χ3n) is 0.991. The topological polar surface area (TPSA) is 29.1 Å². The fraction of sp³-hybridized carbons (Fsp3) is 0.857. The average Bonchev–Trinajstić information content (AvgIpc) is 1.59. The molecule has 0 heterocycles. The van der Waals surface area contributed by atoms with Gasteiger partial charge in [-0.05, 0) is 6.42 Å². The van der Waals surface area contributed by atoms with Gasteiger partial charge in [0.25, 0.3) is 0 Å². The first-order chi connectivity index (χ1) is 4.45. The van der Waals surface area contributed by atoms with Crippen molar-refractivity contribution in [1.29, 1.82) is 0 Å². The highest BCUT2D eigenvalue weighted by Crippen LogP contribution is 1.96. The Morgan fingerprint density at radius 2 is 1.90 bits per heavy atom. The number of rotatable bonds is 3. The molecule has 0 saturated carbocycles. The summed E-state index contributed by atoms with van der Waals surface area (Å²) >= 11 is 0. The zero-order chi connectivity index (χ0) is 8.20. The van der Waals surface area contributed by atoms with E-state index in [-0.39, 0.29) is 5.91 Å². The third-order valence-corrected chi connectivity index (χ3v) is 2.02. The van der Waals surface area contributed by atoms with Gasteiger partial charge in [-0.25, -0.2) is 0 Å². The number of hydrogen-bond acceptors (Lipinski definition) is 1. The van der Waals surface area contributed by atoms with Crippen molar-refractivity contribution in [2.75, 3.05) is 0 Å². The zero-order valence-electron chi connectivity index (χ0n) is 7.32. The van der Waals surface area contributed by atoms with Gasteiger partial charge in [0.2, 0.25) is 5.91 Å². The summed E-state index contributed by atoms with van der Waals surface area (Å²) in [7, 11) is -1.36. The van der Waals surface area contributed by atoms with Crippen LogP contribution in [0.15, 0.2) is 0 Å². The lowest BCUT2D eigenvalue weighted by Gasteiger charge is -2.17. The molecule has 0 rings (SSSR count). The molecule has 0 fully saturated rings. The van der Waals surface area contributed by atoms with E-state index >= 15 is 0 Å². The molecule has 0 saturated heterocycles. The SMILES string of the molecule is CCCC(=O)N[Si](C)(C)C. The molecule has 60 valence electrons. The van der Waals surface area contributed by atoms with Gasteiger partial charge in [0.15, 0.2) is 0 Å². The van der Waals surface area contributed by atoms with Crippen LogP contribution in [-0.2, 0) is 4.79 Å². The quantitative estimate of drug-likeness (QED) is 0.624. The molecule has 0 aromatic carbocycles. The summed E-state index contributed by atoms with van der Waals surface area (Å²) < 4.78 is 0. The van der Waals surface area contributed by atoms with Gasteiger partial charge in [0.05, 0.1) is 0 Å². The van der Waals surface area contributed by atoms with E-state index in [0.717, 1.165) is 6.42 Å². The minimum absolute atomic E-state index is 0.210. The largest absolute Gasteiger partial charge is 0.382 e. The molecule has 0 aromatic heterocycles. The minimum Gasteiger partial charge on any atom is -0.382 e. The minimum atomic E-state index is -1.36. The fourth-order valence-electron chi connectivity index (χ4n) is 0.708. The normalized spacial score (nSPS) is 11.2. The molecule has 10 heavy (non-hydrogen) atoms. The molecule has 0 atom stereocenters. The van der Waals surface area contributed by atoms with E-state index in [9.17, 15) is 4.79 Å². The Morgan fingerprint density at radius 1 is 1.40 bits per heavy atom. The van der Waals surface area contributed by atoms with Crippen LogP contribution in [0.5, 0.6) is 0 Å². The lowest BCUT2D eigenvalue weighted by atomic mass is 10.3. The van der Waals surface area contributed by atoms with Crippen LogP contribution in [0.2, 0.25) is 19.6 Å². The molecule has 0 aliphatic carbocycles. The monoisotopic (exact) mass is 159 g/mol. The number of carbonyl (C=O) groups excluding carboxylic acids is 1. The van der Waals surface area contributed by atoms with Crippen molar-refractivity contribution >= 4 is 14.1 Å². The van der Waals surface area contributed by atoms with Crippen LogP contribution >= 0.6 is 0 Å². The maximum absolute atomic E-state index is 11.0. The highest BCUT2D eigenvalue weighted by atomic mass is 28.3. The van der Waals surface area contributed by atoms with E-state index in [0.29, 0.717) is 6.42 Å². The Morgan fingerprint density at radius 3 is 2.20 bits per heavy atom. The Hall–Kier alpha value is -0.313. The van der Waals surface area contributed by atoms with E-state index in [1.54, 1.807) is 0 Å². The summed E-state index contributed by atoms with van der Waals surface area (Å²) in [4.78, 5) is 14.0. The maximum Gasteiger partial charge on any atom is 0.212 e. The molecule has 0 aliphatic heterocycles. The summed E-state index contributed by atoms with van der Waals surface area (Å²) in [5.74, 6) is 0.210. The van der Waals surface area contributed by atoms with Gasteiger partial charge in [-0.15, -0.1) is 0 Å². The van der Waals surface area contributed by atoms with E-state index in [4.69, 9.17) is 0 Å². The first kappa shape index (κ1) is 9.69. The van der Waals surface area contributed by atoms with Crippen molar-refractivity contribution in [2.45, 2.75) is 39.4 Å². The average molecular weight is 159 g/mol. The fourth-order valence-corrected chi connectivity index (χ4v) is 1.67. The summed E-state index contributed by atoms with van der Waals surface area (Å²) in [6.45, 7) is 8.39. The molecule has 1 N–H and O–H groups in total. The van der Waals surface area contributed by atoms with Crippen LogP contribution in [0.25, 0.3) is 0 Å². The second-order valence-corrected chi connectivity index (χ2v) is 8.30. The molecule has 0 unspecified atom stereocenters. The van der Waals surface area contributed by atoms with E-state index in [1.165, 1.54) is 0 Å². The third kappa shape index (κ3) is 5.82. The number of hydrogen-bond donors (Lipinski definition) is 1. The van der Waals surface area contributed by atoms with Crippen molar-refractivity contribution in [3.05, 3.63) is 0 Å². The van der Waals surface area contributed by atoms with Crippen molar-refractivity contribution in [3.63, 3.8) is 0 Å². The molecule has 0 bridgehead atoms. The maximum atomic E-state index is 11.0. The van der Waals surface area contributed by atoms with Crippen molar-refractivity contribution in [3.8, 4) is 0 Å². The molecule has 0 radical (unpaired) electrons. The van der Waals surface area contributed by atoms with Gasteiger partial charge in [-0.3, -0.25) is 4.79 Å². The number of nitrogens with one attached hydrogen (secondary N) is 1. The molecule has 3 heteroatoms. The van der Waals surface area contributed by atoms with E-state index in [1.807, 2.05) is 6.92 Å². The lowest BCUT2D eigenvalue weighted by molar-refractivity contribution is -0.119. The predicted molar refractivity (Wildman–Crippen MR) is 46.4 cm³/mol. The molecule has 2 nitrogen and oxygen atoms in total. The Kier molecular flexibility index (Phi) is 3.64. The van der Waals surface area contributed by atoms with Gasteiger partial charge >= 0.3 is 0 Å². The van der Waals surface area contributed by atoms with Crippen LogP contribution < -0.4 is 4.98 Å². The van der Waals surface area contributed by atoms with Gasteiger partial charge in [0.1, 0.15) is 8.24 Å². The summed E-state index contributed by atoms with van der Waals surface area (Å²) in [6.07, 6.45) is 1.61. The molecule has 0 spiro atoms.